The number of hydrogen-bond acceptors (Lipinski definition) is 2. The van der Waals surface area contributed by atoms with Gasteiger partial charge in [-0.25, -0.2) is 0 Å². The third-order valence-electron chi connectivity index (χ3n) is 4.29. The minimum Gasteiger partial charge on any atom is -0.342 e. The molecule has 0 aromatic carbocycles. The molecule has 0 radical (unpaired) electrons. The maximum absolute atomic E-state index is 12.4. The molecule has 1 heterocycles. The lowest BCUT2D eigenvalue weighted by molar-refractivity contribution is -0.137. The van der Waals surface area contributed by atoms with Crippen molar-refractivity contribution >= 4 is 5.91 Å². The van der Waals surface area contributed by atoms with Crippen molar-refractivity contribution in [2.24, 2.45) is 23.5 Å². The number of nitrogens with zero attached hydrogens (tertiary/aromatic N) is 1. The topological polar surface area (TPSA) is 46.3 Å². The van der Waals surface area contributed by atoms with Crippen molar-refractivity contribution in [2.45, 2.75) is 45.6 Å². The van der Waals surface area contributed by atoms with Crippen molar-refractivity contribution in [3.8, 4) is 0 Å². The Kier molecular flexibility index (Phi) is 3.53. The third-order valence-corrected chi connectivity index (χ3v) is 4.29. The highest BCUT2D eigenvalue weighted by Gasteiger charge is 2.35. The molecule has 0 aromatic heterocycles. The van der Waals surface area contributed by atoms with Gasteiger partial charge < -0.3 is 10.6 Å². The second kappa shape index (κ2) is 4.74. The molecule has 0 aromatic rings. The lowest BCUT2D eigenvalue weighted by Gasteiger charge is -2.34. The molecular formula is C13H24N2O. The van der Waals surface area contributed by atoms with E-state index < -0.39 is 0 Å². The Morgan fingerprint density at radius 3 is 2.62 bits per heavy atom. The first-order chi connectivity index (χ1) is 7.58. The molecule has 1 saturated heterocycles. The summed E-state index contributed by atoms with van der Waals surface area (Å²) in [5.41, 5.74) is 5.98. The van der Waals surface area contributed by atoms with E-state index in [-0.39, 0.29) is 12.0 Å². The van der Waals surface area contributed by atoms with E-state index in [1.165, 1.54) is 6.42 Å². The molecular weight excluding hydrogens is 200 g/mol. The number of likely N-dealkylation sites (tertiary alicyclic amines) is 1. The van der Waals surface area contributed by atoms with Crippen LogP contribution >= 0.6 is 0 Å². The van der Waals surface area contributed by atoms with Crippen molar-refractivity contribution in [3.63, 3.8) is 0 Å². The Bertz CT molecular complexity index is 267. The van der Waals surface area contributed by atoms with Crippen molar-refractivity contribution in [3.05, 3.63) is 0 Å². The SMILES string of the molecule is CC1CCN(C(=O)C2CC(N)CCC2C)C1. The molecule has 3 nitrogen and oxygen atoms in total. The van der Waals surface area contributed by atoms with E-state index >= 15 is 0 Å². The summed E-state index contributed by atoms with van der Waals surface area (Å²) in [5.74, 6) is 1.75. The summed E-state index contributed by atoms with van der Waals surface area (Å²) in [4.78, 5) is 14.4. The number of nitrogens with two attached hydrogens (primary N) is 1. The zero-order valence-corrected chi connectivity index (χ0v) is 10.5. The molecule has 0 bridgehead atoms. The highest BCUT2D eigenvalue weighted by molar-refractivity contribution is 5.79. The van der Waals surface area contributed by atoms with Crippen LogP contribution in [0.5, 0.6) is 0 Å². The molecule has 1 aliphatic carbocycles. The van der Waals surface area contributed by atoms with Crippen LogP contribution in [0.2, 0.25) is 0 Å². The molecule has 92 valence electrons. The molecule has 4 atom stereocenters. The molecule has 4 unspecified atom stereocenters. The van der Waals surface area contributed by atoms with Crippen LogP contribution in [-0.4, -0.2) is 29.9 Å². The van der Waals surface area contributed by atoms with E-state index in [0.717, 1.165) is 32.4 Å². The monoisotopic (exact) mass is 224 g/mol. The number of carbonyl (C=O) groups excluding carboxylic acids is 1. The van der Waals surface area contributed by atoms with E-state index in [9.17, 15) is 4.79 Å². The Labute approximate surface area is 98.4 Å². The lowest BCUT2D eigenvalue weighted by atomic mass is 9.77. The summed E-state index contributed by atoms with van der Waals surface area (Å²) in [6.07, 6.45) is 4.26. The van der Waals surface area contributed by atoms with Gasteiger partial charge in [-0.05, 0) is 37.5 Å². The van der Waals surface area contributed by atoms with Crippen LogP contribution in [0.25, 0.3) is 0 Å². The summed E-state index contributed by atoms with van der Waals surface area (Å²) in [5, 5.41) is 0. The van der Waals surface area contributed by atoms with E-state index in [2.05, 4.69) is 18.7 Å². The first-order valence-corrected chi connectivity index (χ1v) is 6.62. The lowest BCUT2D eigenvalue weighted by Crippen LogP contribution is -2.43. The van der Waals surface area contributed by atoms with E-state index in [0.29, 0.717) is 17.7 Å². The summed E-state index contributed by atoms with van der Waals surface area (Å²) in [7, 11) is 0. The zero-order valence-electron chi connectivity index (χ0n) is 10.5. The fourth-order valence-corrected chi connectivity index (χ4v) is 3.07. The first kappa shape index (κ1) is 11.9. The van der Waals surface area contributed by atoms with Gasteiger partial charge in [-0.3, -0.25) is 4.79 Å². The molecule has 2 rings (SSSR count). The van der Waals surface area contributed by atoms with Crippen LogP contribution in [0.4, 0.5) is 0 Å². The number of amides is 1. The summed E-state index contributed by atoms with van der Waals surface area (Å²) in [6, 6.07) is 0.241. The van der Waals surface area contributed by atoms with Crippen LogP contribution in [0.3, 0.4) is 0 Å². The molecule has 2 fully saturated rings. The van der Waals surface area contributed by atoms with Crippen molar-refractivity contribution in [1.82, 2.24) is 4.90 Å². The van der Waals surface area contributed by atoms with Crippen LogP contribution in [0, 0.1) is 17.8 Å². The molecule has 3 heteroatoms. The van der Waals surface area contributed by atoms with Crippen molar-refractivity contribution in [1.29, 1.82) is 0 Å². The normalized spacial score (nSPS) is 40.1. The zero-order chi connectivity index (χ0) is 11.7. The highest BCUT2D eigenvalue weighted by Crippen LogP contribution is 2.31. The van der Waals surface area contributed by atoms with Gasteiger partial charge in [0.1, 0.15) is 0 Å². The quantitative estimate of drug-likeness (QED) is 0.735. The minimum atomic E-state index is 0.189. The first-order valence-electron chi connectivity index (χ1n) is 6.62. The van der Waals surface area contributed by atoms with Crippen LogP contribution < -0.4 is 5.73 Å². The largest absolute Gasteiger partial charge is 0.342 e. The summed E-state index contributed by atoms with van der Waals surface area (Å²) in [6.45, 7) is 6.34. The molecule has 1 aliphatic heterocycles. The average molecular weight is 224 g/mol. The highest BCUT2D eigenvalue weighted by atomic mass is 16.2. The second-order valence-corrected chi connectivity index (χ2v) is 5.84. The van der Waals surface area contributed by atoms with Gasteiger partial charge >= 0.3 is 0 Å². The Hall–Kier alpha value is -0.570. The number of carbonyl (C=O) groups is 1. The second-order valence-electron chi connectivity index (χ2n) is 5.84. The van der Waals surface area contributed by atoms with E-state index in [4.69, 9.17) is 5.73 Å². The molecule has 1 amide bonds. The molecule has 1 saturated carbocycles. The maximum atomic E-state index is 12.4. The average Bonchev–Trinajstić information content (AvgIpc) is 2.67. The smallest absolute Gasteiger partial charge is 0.226 e. The fraction of sp³-hybridized carbons (Fsp3) is 0.923. The van der Waals surface area contributed by atoms with Gasteiger partial charge in [0.05, 0.1) is 0 Å². The van der Waals surface area contributed by atoms with E-state index in [1.54, 1.807) is 0 Å². The van der Waals surface area contributed by atoms with Crippen LogP contribution in [0.15, 0.2) is 0 Å². The van der Waals surface area contributed by atoms with Crippen LogP contribution in [-0.2, 0) is 4.79 Å². The third kappa shape index (κ3) is 2.40. The van der Waals surface area contributed by atoms with Gasteiger partial charge in [-0.2, -0.15) is 0 Å². The summed E-state index contributed by atoms with van der Waals surface area (Å²) >= 11 is 0. The molecule has 2 aliphatic rings. The van der Waals surface area contributed by atoms with Gasteiger partial charge in [0.2, 0.25) is 5.91 Å². The Morgan fingerprint density at radius 1 is 1.25 bits per heavy atom. The van der Waals surface area contributed by atoms with Gasteiger partial charge in [0.15, 0.2) is 0 Å². The predicted molar refractivity (Wildman–Crippen MR) is 64.8 cm³/mol. The number of hydrogen-bond donors (Lipinski definition) is 1. The molecule has 2 N–H and O–H groups in total. The maximum Gasteiger partial charge on any atom is 0.226 e. The van der Waals surface area contributed by atoms with Crippen molar-refractivity contribution in [2.75, 3.05) is 13.1 Å². The Morgan fingerprint density at radius 2 is 2.00 bits per heavy atom. The van der Waals surface area contributed by atoms with Gasteiger partial charge in [0, 0.05) is 25.0 Å². The molecule has 0 spiro atoms. The fourth-order valence-electron chi connectivity index (χ4n) is 3.07. The van der Waals surface area contributed by atoms with Crippen LogP contribution in [0.1, 0.15) is 39.5 Å². The number of rotatable bonds is 1. The van der Waals surface area contributed by atoms with Gasteiger partial charge in [-0.1, -0.05) is 13.8 Å². The van der Waals surface area contributed by atoms with Gasteiger partial charge in [-0.15, -0.1) is 0 Å². The Balaban J connectivity index is 1.97. The summed E-state index contributed by atoms with van der Waals surface area (Å²) < 4.78 is 0. The van der Waals surface area contributed by atoms with Gasteiger partial charge in [0.25, 0.3) is 0 Å². The van der Waals surface area contributed by atoms with E-state index in [1.807, 2.05) is 0 Å². The predicted octanol–water partition coefficient (Wildman–Crippen LogP) is 1.62. The standard InChI is InChI=1S/C13H24N2O/c1-9-5-6-15(8-9)13(16)12-7-11(14)4-3-10(12)2/h9-12H,3-8,14H2,1-2H3. The minimum absolute atomic E-state index is 0.189. The molecule has 16 heavy (non-hydrogen) atoms. The van der Waals surface area contributed by atoms with Crippen molar-refractivity contribution < 1.29 is 4.79 Å².